The summed E-state index contributed by atoms with van der Waals surface area (Å²) in [6.45, 7) is 3.09. The van der Waals surface area contributed by atoms with Gasteiger partial charge in [-0.15, -0.1) is 0 Å². The summed E-state index contributed by atoms with van der Waals surface area (Å²) < 4.78 is 5.48. The number of hydroxylamine groups is 1. The first-order valence-corrected chi connectivity index (χ1v) is 5.69. The van der Waals surface area contributed by atoms with E-state index in [-0.39, 0.29) is 5.97 Å². The van der Waals surface area contributed by atoms with Crippen LogP contribution in [0.4, 0.5) is 0 Å². The molecule has 0 bridgehead atoms. The maximum Gasteiger partial charge on any atom is 0.337 e. The van der Waals surface area contributed by atoms with Gasteiger partial charge in [-0.3, -0.25) is 0 Å². The molecule has 0 saturated heterocycles. The second kappa shape index (κ2) is 6.62. The Hall–Kier alpha value is -0.910. The Morgan fingerprint density at radius 2 is 2.25 bits per heavy atom. The van der Waals surface area contributed by atoms with Crippen LogP contribution in [0.15, 0.2) is 22.7 Å². The van der Waals surface area contributed by atoms with Crippen LogP contribution in [0.25, 0.3) is 0 Å². The minimum atomic E-state index is -0.343. The highest BCUT2D eigenvalue weighted by atomic mass is 79.9. The molecule has 0 saturated carbocycles. The molecule has 1 N–H and O–H groups in total. The van der Waals surface area contributed by atoms with Gasteiger partial charge in [-0.1, -0.05) is 22.0 Å². The molecule has 0 unspecified atom stereocenters. The van der Waals surface area contributed by atoms with E-state index in [0.717, 1.165) is 10.0 Å². The van der Waals surface area contributed by atoms with Gasteiger partial charge in [0.05, 0.1) is 19.3 Å². The third kappa shape index (κ3) is 3.59. The van der Waals surface area contributed by atoms with Crippen LogP contribution in [0, 0.1) is 0 Å². The number of hydrogen-bond acceptors (Lipinski definition) is 4. The molecule has 0 heterocycles. The Labute approximate surface area is 103 Å². The standard InChI is InChI=1S/C11H14BrNO3/c1-3-16-13-7-9-5-4-8(6-10(9)12)11(14)15-2/h4-6,13H,3,7H2,1-2H3. The number of benzene rings is 1. The number of ether oxygens (including phenoxy) is 1. The fraction of sp³-hybridized carbons (Fsp3) is 0.364. The van der Waals surface area contributed by atoms with Crippen LogP contribution in [0.5, 0.6) is 0 Å². The summed E-state index contributed by atoms with van der Waals surface area (Å²) in [4.78, 5) is 16.3. The Kier molecular flexibility index (Phi) is 5.45. The summed E-state index contributed by atoms with van der Waals surface area (Å²) >= 11 is 3.39. The maximum absolute atomic E-state index is 11.3. The number of methoxy groups -OCH3 is 1. The van der Waals surface area contributed by atoms with Crippen molar-refractivity contribution in [3.05, 3.63) is 33.8 Å². The molecule has 0 radical (unpaired) electrons. The summed E-state index contributed by atoms with van der Waals surface area (Å²) in [6.07, 6.45) is 0. The minimum absolute atomic E-state index is 0.343. The van der Waals surface area contributed by atoms with Gasteiger partial charge in [0.25, 0.3) is 0 Å². The normalized spacial score (nSPS) is 10.2. The lowest BCUT2D eigenvalue weighted by Crippen LogP contribution is -2.14. The van der Waals surface area contributed by atoms with Crippen molar-refractivity contribution in [2.24, 2.45) is 0 Å². The number of esters is 1. The van der Waals surface area contributed by atoms with Crippen molar-refractivity contribution in [1.82, 2.24) is 5.48 Å². The molecule has 4 nitrogen and oxygen atoms in total. The van der Waals surface area contributed by atoms with Crippen LogP contribution in [-0.4, -0.2) is 19.7 Å². The molecule has 0 aromatic heterocycles. The molecule has 88 valence electrons. The Morgan fingerprint density at radius 1 is 1.50 bits per heavy atom. The lowest BCUT2D eigenvalue weighted by molar-refractivity contribution is 0.0462. The third-order valence-electron chi connectivity index (χ3n) is 1.98. The molecule has 0 amide bonds. The number of hydrogen-bond donors (Lipinski definition) is 1. The van der Waals surface area contributed by atoms with Crippen LogP contribution in [0.2, 0.25) is 0 Å². The summed E-state index contributed by atoms with van der Waals surface area (Å²) in [5.41, 5.74) is 4.35. The number of nitrogens with one attached hydrogen (secondary N) is 1. The zero-order valence-corrected chi connectivity index (χ0v) is 10.8. The average molecular weight is 288 g/mol. The van der Waals surface area contributed by atoms with Crippen molar-refractivity contribution >= 4 is 21.9 Å². The number of rotatable bonds is 5. The highest BCUT2D eigenvalue weighted by molar-refractivity contribution is 9.10. The molecule has 0 aliphatic heterocycles. The summed E-state index contributed by atoms with van der Waals surface area (Å²) in [5, 5.41) is 0. The predicted molar refractivity (Wildman–Crippen MR) is 63.9 cm³/mol. The molecular weight excluding hydrogens is 274 g/mol. The smallest absolute Gasteiger partial charge is 0.337 e. The fourth-order valence-corrected chi connectivity index (χ4v) is 1.69. The zero-order chi connectivity index (χ0) is 12.0. The van der Waals surface area contributed by atoms with Crippen LogP contribution < -0.4 is 5.48 Å². The second-order valence-corrected chi connectivity index (χ2v) is 3.91. The van der Waals surface area contributed by atoms with Crippen molar-refractivity contribution in [2.75, 3.05) is 13.7 Å². The number of carbonyl (C=O) groups is 1. The first-order valence-electron chi connectivity index (χ1n) is 4.90. The molecule has 5 heteroatoms. The highest BCUT2D eigenvalue weighted by Gasteiger charge is 2.07. The predicted octanol–water partition coefficient (Wildman–Crippen LogP) is 2.28. The number of halogens is 1. The van der Waals surface area contributed by atoms with Gasteiger partial charge in [0, 0.05) is 11.0 Å². The zero-order valence-electron chi connectivity index (χ0n) is 9.25. The molecular formula is C11H14BrNO3. The van der Waals surface area contributed by atoms with Gasteiger partial charge >= 0.3 is 5.97 Å². The van der Waals surface area contributed by atoms with E-state index in [0.29, 0.717) is 18.7 Å². The lowest BCUT2D eigenvalue weighted by atomic mass is 10.1. The maximum atomic E-state index is 11.3. The van der Waals surface area contributed by atoms with Gasteiger partial charge in [-0.25, -0.2) is 4.79 Å². The molecule has 0 atom stereocenters. The quantitative estimate of drug-likeness (QED) is 0.513. The SMILES string of the molecule is CCONCc1ccc(C(=O)OC)cc1Br. The van der Waals surface area contributed by atoms with Crippen LogP contribution in [0.3, 0.4) is 0 Å². The van der Waals surface area contributed by atoms with E-state index >= 15 is 0 Å². The van der Waals surface area contributed by atoms with E-state index in [4.69, 9.17) is 4.84 Å². The van der Waals surface area contributed by atoms with Gasteiger partial charge in [0.2, 0.25) is 0 Å². The Balaban J connectivity index is 2.71. The third-order valence-corrected chi connectivity index (χ3v) is 2.72. The summed E-state index contributed by atoms with van der Waals surface area (Å²) in [6, 6.07) is 5.30. The van der Waals surface area contributed by atoms with Gasteiger partial charge in [0.1, 0.15) is 0 Å². The Bertz CT molecular complexity index is 368. The van der Waals surface area contributed by atoms with Crippen molar-refractivity contribution in [3.63, 3.8) is 0 Å². The van der Waals surface area contributed by atoms with Crippen molar-refractivity contribution in [2.45, 2.75) is 13.5 Å². The van der Waals surface area contributed by atoms with Gasteiger partial charge in [-0.05, 0) is 24.6 Å². The molecule has 1 aromatic rings. The van der Waals surface area contributed by atoms with Gasteiger partial charge in [0.15, 0.2) is 0 Å². The van der Waals surface area contributed by atoms with E-state index < -0.39 is 0 Å². The van der Waals surface area contributed by atoms with E-state index in [2.05, 4.69) is 26.1 Å². The topological polar surface area (TPSA) is 47.6 Å². The Morgan fingerprint density at radius 3 is 2.81 bits per heavy atom. The largest absolute Gasteiger partial charge is 0.465 e. The van der Waals surface area contributed by atoms with Crippen LogP contribution in [-0.2, 0) is 16.1 Å². The van der Waals surface area contributed by atoms with Crippen LogP contribution >= 0.6 is 15.9 Å². The molecule has 0 fully saturated rings. The highest BCUT2D eigenvalue weighted by Crippen LogP contribution is 2.19. The lowest BCUT2D eigenvalue weighted by Gasteiger charge is -2.07. The first kappa shape index (κ1) is 13.2. The first-order chi connectivity index (χ1) is 7.69. The summed E-state index contributed by atoms with van der Waals surface area (Å²) in [5.74, 6) is -0.343. The van der Waals surface area contributed by atoms with E-state index in [9.17, 15) is 4.79 Å². The van der Waals surface area contributed by atoms with E-state index in [1.807, 2.05) is 13.0 Å². The van der Waals surface area contributed by atoms with Crippen molar-refractivity contribution in [1.29, 1.82) is 0 Å². The average Bonchev–Trinajstić information content (AvgIpc) is 2.30. The molecule has 0 spiro atoms. The van der Waals surface area contributed by atoms with Crippen molar-refractivity contribution in [3.8, 4) is 0 Å². The van der Waals surface area contributed by atoms with Crippen molar-refractivity contribution < 1.29 is 14.4 Å². The molecule has 1 rings (SSSR count). The monoisotopic (exact) mass is 287 g/mol. The van der Waals surface area contributed by atoms with E-state index in [1.165, 1.54) is 7.11 Å². The van der Waals surface area contributed by atoms with Gasteiger partial charge in [-0.2, -0.15) is 5.48 Å². The molecule has 16 heavy (non-hydrogen) atoms. The minimum Gasteiger partial charge on any atom is -0.465 e. The molecule has 0 aliphatic carbocycles. The van der Waals surface area contributed by atoms with Crippen LogP contribution in [0.1, 0.15) is 22.8 Å². The molecule has 1 aromatic carbocycles. The fourth-order valence-electron chi connectivity index (χ4n) is 1.17. The second-order valence-electron chi connectivity index (χ2n) is 3.05. The summed E-state index contributed by atoms with van der Waals surface area (Å²) in [7, 11) is 1.36. The number of carbonyl (C=O) groups excluding carboxylic acids is 1. The molecule has 0 aliphatic rings. The van der Waals surface area contributed by atoms with Gasteiger partial charge < -0.3 is 9.57 Å². The van der Waals surface area contributed by atoms with E-state index in [1.54, 1.807) is 12.1 Å².